The van der Waals surface area contributed by atoms with Crippen LogP contribution >= 0.6 is 0 Å². The number of nitrogens with one attached hydrogen (secondary N) is 2. The Labute approximate surface area is 260 Å². The third-order valence-corrected chi connectivity index (χ3v) is 8.07. The number of nitrogens with zero attached hydrogens (tertiary/aromatic N) is 2. The van der Waals surface area contributed by atoms with Crippen LogP contribution in [0.4, 0.5) is 29.3 Å². The smallest absolute Gasteiger partial charge is 0.322 e. The Morgan fingerprint density at radius 2 is 1.40 bits per heavy atom. The monoisotopic (exact) mass is 638 g/mol. The Bertz CT molecular complexity index is 1690. The van der Waals surface area contributed by atoms with E-state index in [1.54, 1.807) is 24.3 Å². The summed E-state index contributed by atoms with van der Waals surface area (Å²) in [4.78, 5) is 17.1. The SMILES string of the molecule is CS(=O)(=O)Nc1ccc(Oc2ccc(CN3CCC(N(Cc4c(F)cccc4F)C(=O)Nc4ccc(F)cc4)CC3)cc2)cc1. The summed E-state index contributed by atoms with van der Waals surface area (Å²) in [7, 11) is -3.36. The topological polar surface area (TPSA) is 91.0 Å². The van der Waals surface area contributed by atoms with Crippen molar-refractivity contribution in [1.82, 2.24) is 9.80 Å². The molecule has 1 aliphatic rings. The van der Waals surface area contributed by atoms with Crippen molar-refractivity contribution in [3.63, 3.8) is 0 Å². The molecule has 12 heteroatoms. The summed E-state index contributed by atoms with van der Waals surface area (Å²) in [5.41, 5.74) is 1.71. The lowest BCUT2D eigenvalue weighted by Gasteiger charge is -2.38. The van der Waals surface area contributed by atoms with E-state index in [4.69, 9.17) is 4.74 Å². The molecule has 0 unspecified atom stereocenters. The van der Waals surface area contributed by atoms with Crippen LogP contribution in [0.25, 0.3) is 0 Å². The van der Waals surface area contributed by atoms with Crippen molar-refractivity contribution in [2.24, 2.45) is 0 Å². The van der Waals surface area contributed by atoms with Gasteiger partial charge in [-0.25, -0.2) is 26.4 Å². The van der Waals surface area contributed by atoms with Crippen LogP contribution in [0.15, 0.2) is 91.0 Å². The molecule has 1 fully saturated rings. The Morgan fingerprint density at radius 3 is 1.98 bits per heavy atom. The second-order valence-electron chi connectivity index (χ2n) is 10.9. The van der Waals surface area contributed by atoms with E-state index in [1.165, 1.54) is 47.4 Å². The predicted molar refractivity (Wildman–Crippen MR) is 167 cm³/mol. The van der Waals surface area contributed by atoms with Gasteiger partial charge in [-0.2, -0.15) is 0 Å². The third-order valence-electron chi connectivity index (χ3n) is 7.47. The number of amides is 2. The summed E-state index contributed by atoms with van der Waals surface area (Å²) < 4.78 is 73.5. The van der Waals surface area contributed by atoms with Crippen molar-refractivity contribution in [2.75, 3.05) is 29.4 Å². The van der Waals surface area contributed by atoms with Gasteiger partial charge in [-0.3, -0.25) is 9.62 Å². The number of hydrogen-bond donors (Lipinski definition) is 2. The van der Waals surface area contributed by atoms with E-state index < -0.39 is 33.5 Å². The average molecular weight is 639 g/mol. The molecule has 0 spiro atoms. The van der Waals surface area contributed by atoms with Gasteiger partial charge in [-0.15, -0.1) is 0 Å². The van der Waals surface area contributed by atoms with E-state index in [0.29, 0.717) is 55.3 Å². The number of anilines is 2. The van der Waals surface area contributed by atoms with E-state index >= 15 is 0 Å². The summed E-state index contributed by atoms with van der Waals surface area (Å²) in [5, 5.41) is 2.73. The quantitative estimate of drug-likeness (QED) is 0.196. The maximum absolute atomic E-state index is 14.6. The Balaban J connectivity index is 1.19. The number of benzene rings is 4. The molecular weight excluding hydrogens is 605 g/mol. The van der Waals surface area contributed by atoms with Gasteiger partial charge in [-0.05, 0) is 91.2 Å². The maximum atomic E-state index is 14.6. The molecule has 45 heavy (non-hydrogen) atoms. The number of ether oxygens (including phenoxy) is 1. The minimum absolute atomic E-state index is 0.182. The van der Waals surface area contributed by atoms with Gasteiger partial charge in [0.15, 0.2) is 0 Å². The van der Waals surface area contributed by atoms with Gasteiger partial charge < -0.3 is 15.0 Å². The lowest BCUT2D eigenvalue weighted by atomic mass is 10.0. The van der Waals surface area contributed by atoms with Crippen LogP contribution in [0, 0.1) is 17.5 Å². The second kappa shape index (κ2) is 14.0. The van der Waals surface area contributed by atoms with E-state index in [-0.39, 0.29) is 18.2 Å². The molecule has 4 aromatic carbocycles. The van der Waals surface area contributed by atoms with Gasteiger partial charge in [0.2, 0.25) is 10.0 Å². The first-order chi connectivity index (χ1) is 21.5. The summed E-state index contributed by atoms with van der Waals surface area (Å²) in [6.07, 6.45) is 2.28. The Kier molecular flexibility index (Phi) is 9.94. The first-order valence-corrected chi connectivity index (χ1v) is 16.2. The van der Waals surface area contributed by atoms with Crippen molar-refractivity contribution >= 4 is 27.4 Å². The van der Waals surface area contributed by atoms with Crippen molar-refractivity contribution in [3.8, 4) is 11.5 Å². The standard InChI is InChI=1S/C33H33F3N4O4S/c1-45(42,43)38-26-11-15-29(16-12-26)44-28-13-5-23(6-14-28)21-39-19-17-27(18-20-39)40(22-30-31(35)3-2-4-32(30)36)33(41)37-25-9-7-24(34)8-10-25/h2-16,27,38H,17-22H2,1H3,(H,37,41). The van der Waals surface area contributed by atoms with Gasteiger partial charge in [0.05, 0.1) is 12.8 Å². The number of rotatable bonds is 10. The van der Waals surface area contributed by atoms with Crippen LogP contribution in [0.3, 0.4) is 0 Å². The Hall–Kier alpha value is -4.55. The van der Waals surface area contributed by atoms with Crippen LogP contribution in [-0.2, 0) is 23.1 Å². The van der Waals surface area contributed by atoms with Gasteiger partial charge in [0, 0.05) is 42.6 Å². The number of halogens is 3. The highest BCUT2D eigenvalue weighted by molar-refractivity contribution is 7.92. The van der Waals surface area contributed by atoms with E-state index in [0.717, 1.165) is 11.8 Å². The van der Waals surface area contributed by atoms with Crippen molar-refractivity contribution < 1.29 is 31.1 Å². The third kappa shape index (κ3) is 8.99. The molecule has 4 aromatic rings. The van der Waals surface area contributed by atoms with E-state index in [1.807, 2.05) is 24.3 Å². The molecule has 0 bridgehead atoms. The number of piperidine rings is 1. The molecule has 1 saturated heterocycles. The highest BCUT2D eigenvalue weighted by Crippen LogP contribution is 2.26. The fraction of sp³-hybridized carbons (Fsp3) is 0.242. The average Bonchev–Trinajstić information content (AvgIpc) is 3.00. The first kappa shape index (κ1) is 31.9. The molecule has 2 amide bonds. The number of carbonyl (C=O) groups excluding carboxylic acids is 1. The number of likely N-dealkylation sites (tertiary alicyclic amines) is 1. The molecule has 0 aliphatic carbocycles. The normalized spacial score (nSPS) is 14.1. The van der Waals surface area contributed by atoms with Crippen LogP contribution < -0.4 is 14.8 Å². The number of hydrogen-bond acceptors (Lipinski definition) is 5. The second-order valence-corrected chi connectivity index (χ2v) is 12.7. The molecule has 0 aromatic heterocycles. The van der Waals surface area contributed by atoms with Crippen LogP contribution in [-0.4, -0.2) is 49.6 Å². The molecule has 0 radical (unpaired) electrons. The lowest BCUT2D eigenvalue weighted by Crippen LogP contribution is -2.48. The molecule has 1 aliphatic heterocycles. The molecule has 1 heterocycles. The number of urea groups is 1. The van der Waals surface area contributed by atoms with Gasteiger partial charge in [-0.1, -0.05) is 18.2 Å². The molecule has 236 valence electrons. The van der Waals surface area contributed by atoms with Gasteiger partial charge in [0.1, 0.15) is 29.0 Å². The summed E-state index contributed by atoms with van der Waals surface area (Å²) in [5.74, 6) is -0.693. The zero-order chi connectivity index (χ0) is 32.0. The van der Waals surface area contributed by atoms with Crippen molar-refractivity contribution in [3.05, 3.63) is 120 Å². The first-order valence-electron chi connectivity index (χ1n) is 14.4. The Morgan fingerprint density at radius 1 is 0.844 bits per heavy atom. The molecular formula is C33H33F3N4O4S. The van der Waals surface area contributed by atoms with Gasteiger partial charge in [0.25, 0.3) is 0 Å². The number of carbonyl (C=O) groups is 1. The zero-order valence-corrected chi connectivity index (χ0v) is 25.4. The molecule has 2 N–H and O–H groups in total. The summed E-state index contributed by atoms with van der Waals surface area (Å²) >= 11 is 0. The predicted octanol–water partition coefficient (Wildman–Crippen LogP) is 6.97. The van der Waals surface area contributed by atoms with Crippen LogP contribution in [0.2, 0.25) is 0 Å². The maximum Gasteiger partial charge on any atom is 0.322 e. The molecule has 0 atom stereocenters. The number of sulfonamides is 1. The van der Waals surface area contributed by atoms with E-state index in [2.05, 4.69) is 14.9 Å². The van der Waals surface area contributed by atoms with Crippen molar-refractivity contribution in [1.29, 1.82) is 0 Å². The molecule has 0 saturated carbocycles. The minimum atomic E-state index is -3.36. The van der Waals surface area contributed by atoms with Gasteiger partial charge >= 0.3 is 6.03 Å². The van der Waals surface area contributed by atoms with Crippen molar-refractivity contribution in [2.45, 2.75) is 32.0 Å². The highest BCUT2D eigenvalue weighted by Gasteiger charge is 2.30. The fourth-order valence-electron chi connectivity index (χ4n) is 5.20. The fourth-order valence-corrected chi connectivity index (χ4v) is 5.76. The highest BCUT2D eigenvalue weighted by atomic mass is 32.2. The zero-order valence-electron chi connectivity index (χ0n) is 24.5. The summed E-state index contributed by atoms with van der Waals surface area (Å²) in [6, 6.07) is 22.4. The molecule has 8 nitrogen and oxygen atoms in total. The van der Waals surface area contributed by atoms with Crippen LogP contribution in [0.5, 0.6) is 11.5 Å². The largest absolute Gasteiger partial charge is 0.457 e. The minimum Gasteiger partial charge on any atom is -0.457 e. The summed E-state index contributed by atoms with van der Waals surface area (Å²) in [6.45, 7) is 1.75. The van der Waals surface area contributed by atoms with E-state index in [9.17, 15) is 26.4 Å². The van der Waals surface area contributed by atoms with Crippen LogP contribution in [0.1, 0.15) is 24.0 Å². The lowest BCUT2D eigenvalue weighted by molar-refractivity contribution is 0.118. The molecule has 5 rings (SSSR count).